The zero-order valence-corrected chi connectivity index (χ0v) is 17.2. The zero-order chi connectivity index (χ0) is 21.7. The van der Waals surface area contributed by atoms with Crippen molar-refractivity contribution < 1.29 is 9.18 Å². The molecule has 4 heterocycles. The van der Waals surface area contributed by atoms with E-state index in [2.05, 4.69) is 15.2 Å². The van der Waals surface area contributed by atoms with Crippen LogP contribution in [0.25, 0.3) is 22.5 Å². The highest BCUT2D eigenvalue weighted by molar-refractivity contribution is 6.05. The Morgan fingerprint density at radius 3 is 2.81 bits per heavy atom. The van der Waals surface area contributed by atoms with Crippen molar-refractivity contribution in [3.8, 4) is 22.5 Å². The normalized spacial score (nSPS) is 15.5. The van der Waals surface area contributed by atoms with Crippen molar-refractivity contribution in [3.63, 3.8) is 0 Å². The first-order valence-electron chi connectivity index (χ1n) is 10.1. The molecule has 3 aromatic heterocycles. The summed E-state index contributed by atoms with van der Waals surface area (Å²) in [5, 5.41) is 9.01. The zero-order valence-electron chi connectivity index (χ0n) is 17.2. The molecule has 0 saturated heterocycles. The van der Waals surface area contributed by atoms with Gasteiger partial charge in [0.1, 0.15) is 11.6 Å². The van der Waals surface area contributed by atoms with Crippen molar-refractivity contribution in [3.05, 3.63) is 71.4 Å². The first-order valence-corrected chi connectivity index (χ1v) is 10.1. The number of hydrogen-bond acceptors (Lipinski definition) is 5. The second kappa shape index (κ2) is 7.16. The molecule has 0 fully saturated rings. The molecule has 1 aromatic carbocycles. The Hall–Kier alpha value is -3.81. The number of ketones is 1. The van der Waals surface area contributed by atoms with Gasteiger partial charge in [-0.3, -0.25) is 14.2 Å². The average molecular weight is 416 g/mol. The molecule has 1 atom stereocenters. The molecule has 2 N–H and O–H groups in total. The second-order valence-corrected chi connectivity index (χ2v) is 7.68. The monoisotopic (exact) mass is 416 g/mol. The number of aryl methyl sites for hydroxylation is 1. The lowest BCUT2D eigenvalue weighted by Gasteiger charge is -2.19. The van der Waals surface area contributed by atoms with Gasteiger partial charge in [0.15, 0.2) is 5.78 Å². The summed E-state index contributed by atoms with van der Waals surface area (Å²) in [5.41, 5.74) is 11.1. The van der Waals surface area contributed by atoms with E-state index in [0.717, 1.165) is 28.1 Å². The molecule has 0 spiro atoms. The molecule has 5 rings (SSSR count). The van der Waals surface area contributed by atoms with Crippen molar-refractivity contribution in [2.45, 2.75) is 32.9 Å². The predicted octanol–water partition coefficient (Wildman–Crippen LogP) is 3.90. The number of halogens is 1. The molecule has 156 valence electrons. The van der Waals surface area contributed by atoms with E-state index in [-0.39, 0.29) is 11.6 Å². The smallest absolute Gasteiger partial charge is 0.173 e. The van der Waals surface area contributed by atoms with Gasteiger partial charge in [-0.2, -0.15) is 10.2 Å². The van der Waals surface area contributed by atoms with Gasteiger partial charge < -0.3 is 5.73 Å². The van der Waals surface area contributed by atoms with Crippen LogP contribution in [-0.2, 0) is 13.1 Å². The Bertz CT molecular complexity index is 1320. The van der Waals surface area contributed by atoms with Gasteiger partial charge in [-0.05, 0) is 42.8 Å². The molecule has 0 aliphatic carbocycles. The lowest BCUT2D eigenvalue weighted by atomic mass is 9.87. The summed E-state index contributed by atoms with van der Waals surface area (Å²) in [4.78, 5) is 17.8. The van der Waals surface area contributed by atoms with Crippen LogP contribution in [0, 0.1) is 5.82 Å². The Balaban J connectivity index is 1.84. The van der Waals surface area contributed by atoms with Crippen LogP contribution in [0.15, 0.2) is 48.9 Å². The third-order valence-corrected chi connectivity index (χ3v) is 5.86. The largest absolute Gasteiger partial charge is 0.383 e. The summed E-state index contributed by atoms with van der Waals surface area (Å²) in [7, 11) is 0. The Morgan fingerprint density at radius 2 is 2.00 bits per heavy atom. The van der Waals surface area contributed by atoms with Gasteiger partial charge in [-0.15, -0.1) is 0 Å². The van der Waals surface area contributed by atoms with Crippen molar-refractivity contribution >= 4 is 11.6 Å². The van der Waals surface area contributed by atoms with E-state index in [1.54, 1.807) is 31.5 Å². The molecule has 1 aliphatic heterocycles. The third kappa shape index (κ3) is 3.02. The number of carbonyl (C=O) groups excluding carboxylic acids is 1. The lowest BCUT2D eigenvalue weighted by molar-refractivity contribution is 0.0967. The van der Waals surface area contributed by atoms with E-state index in [1.165, 1.54) is 12.1 Å². The molecule has 4 aromatic rings. The number of pyridine rings is 1. The molecule has 1 aliphatic rings. The first-order chi connectivity index (χ1) is 15.0. The van der Waals surface area contributed by atoms with Crippen molar-refractivity contribution in [1.82, 2.24) is 24.5 Å². The predicted molar refractivity (Wildman–Crippen MR) is 115 cm³/mol. The number of Topliss-reactive ketones (excluding diaryl/α,β-unsaturated/α-hetero) is 1. The van der Waals surface area contributed by atoms with Crippen LogP contribution in [0.5, 0.6) is 0 Å². The van der Waals surface area contributed by atoms with Crippen LogP contribution in [0.2, 0.25) is 0 Å². The number of fused-ring (bicyclic) bond motifs is 7. The van der Waals surface area contributed by atoms with Crippen LogP contribution in [0.1, 0.15) is 41.3 Å². The van der Waals surface area contributed by atoms with Crippen molar-refractivity contribution in [1.29, 1.82) is 0 Å². The molecule has 7 nitrogen and oxygen atoms in total. The van der Waals surface area contributed by atoms with Crippen LogP contribution in [0.3, 0.4) is 0 Å². The number of aromatic nitrogens is 5. The summed E-state index contributed by atoms with van der Waals surface area (Å²) in [6.45, 7) is 4.90. The topological polar surface area (TPSA) is 91.6 Å². The lowest BCUT2D eigenvalue weighted by Crippen LogP contribution is -2.16. The maximum Gasteiger partial charge on any atom is 0.173 e. The maximum absolute atomic E-state index is 14.2. The van der Waals surface area contributed by atoms with Crippen LogP contribution in [0.4, 0.5) is 10.2 Å². The molecule has 2 bridgehead atoms. The number of hydrogen-bond donors (Lipinski definition) is 1. The van der Waals surface area contributed by atoms with E-state index >= 15 is 0 Å². The van der Waals surface area contributed by atoms with E-state index < -0.39 is 11.7 Å². The average Bonchev–Trinajstić information content (AvgIpc) is 3.39. The van der Waals surface area contributed by atoms with Gasteiger partial charge in [0.05, 0.1) is 29.7 Å². The Kier molecular flexibility index (Phi) is 4.43. The summed E-state index contributed by atoms with van der Waals surface area (Å²) in [6, 6.07) is 8.14. The first kappa shape index (κ1) is 19.2. The van der Waals surface area contributed by atoms with E-state index in [9.17, 15) is 9.18 Å². The molecular formula is C23H21FN6O. The van der Waals surface area contributed by atoms with E-state index in [1.807, 2.05) is 28.6 Å². The number of nitrogen functional groups attached to an aromatic ring is 1. The summed E-state index contributed by atoms with van der Waals surface area (Å²) in [6.07, 6.45) is 5.17. The quantitative estimate of drug-likeness (QED) is 0.508. The highest BCUT2D eigenvalue weighted by Gasteiger charge is 2.27. The standard InChI is InChI=1S/C23H21FN6O/c1-3-29-21-14-8-19(23(25)26-10-14)22(31)13(2)18-9-16(24)4-5-17(18)20-6-7-27-30(20)12-15(21)11-28-29/h4-11,13H,3,12H2,1-2H3,(H2,25,26)/t13-/m1/s1. The van der Waals surface area contributed by atoms with E-state index in [0.29, 0.717) is 24.2 Å². The highest BCUT2D eigenvalue weighted by Crippen LogP contribution is 2.35. The number of nitrogens with zero attached hydrogens (tertiary/aromatic N) is 5. The minimum atomic E-state index is -0.622. The third-order valence-electron chi connectivity index (χ3n) is 5.86. The van der Waals surface area contributed by atoms with Crippen molar-refractivity contribution in [2.75, 3.05) is 5.73 Å². The van der Waals surface area contributed by atoms with E-state index in [4.69, 9.17) is 5.73 Å². The number of benzene rings is 1. The molecule has 0 amide bonds. The second-order valence-electron chi connectivity index (χ2n) is 7.68. The highest BCUT2D eigenvalue weighted by atomic mass is 19.1. The fourth-order valence-corrected chi connectivity index (χ4v) is 4.26. The van der Waals surface area contributed by atoms with Gasteiger partial charge in [0.25, 0.3) is 0 Å². The molecular weight excluding hydrogens is 395 g/mol. The number of rotatable bonds is 1. The molecule has 0 radical (unpaired) electrons. The van der Waals surface area contributed by atoms with Crippen LogP contribution >= 0.6 is 0 Å². The molecule has 0 unspecified atom stereocenters. The Labute approximate surface area is 178 Å². The fourth-order valence-electron chi connectivity index (χ4n) is 4.26. The van der Waals surface area contributed by atoms with Gasteiger partial charge in [0.2, 0.25) is 0 Å². The van der Waals surface area contributed by atoms with Gasteiger partial charge in [-0.25, -0.2) is 9.37 Å². The summed E-state index contributed by atoms with van der Waals surface area (Å²) >= 11 is 0. The maximum atomic E-state index is 14.2. The van der Waals surface area contributed by atoms with Crippen LogP contribution < -0.4 is 5.73 Å². The molecule has 8 heteroatoms. The Morgan fingerprint density at radius 1 is 1.16 bits per heavy atom. The molecule has 31 heavy (non-hydrogen) atoms. The SMILES string of the molecule is CCn1ncc2c1-c1cnc(N)c(c1)C(=O)[C@H](C)c1cc(F)ccc1-c1ccnn1C2. The number of carbonyl (C=O) groups is 1. The minimum Gasteiger partial charge on any atom is -0.383 e. The van der Waals surface area contributed by atoms with Crippen molar-refractivity contribution in [2.24, 2.45) is 0 Å². The molecule has 0 saturated carbocycles. The number of anilines is 1. The summed E-state index contributed by atoms with van der Waals surface area (Å²) in [5.74, 6) is -1.08. The van der Waals surface area contributed by atoms with Gasteiger partial charge >= 0.3 is 0 Å². The number of nitrogens with two attached hydrogens (primary N) is 1. The summed E-state index contributed by atoms with van der Waals surface area (Å²) < 4.78 is 17.9. The van der Waals surface area contributed by atoms with Gasteiger partial charge in [-0.1, -0.05) is 6.92 Å². The van der Waals surface area contributed by atoms with Gasteiger partial charge in [0, 0.05) is 41.5 Å². The minimum absolute atomic E-state index is 0.157. The fraction of sp³-hybridized carbons (Fsp3) is 0.217. The van der Waals surface area contributed by atoms with Crippen LogP contribution in [-0.4, -0.2) is 30.3 Å².